The molecule has 2 rings (SSSR count). The average Bonchev–Trinajstić information content (AvgIpc) is 2.44. The molecule has 0 aliphatic carbocycles. The number of rotatable bonds is 5. The molecule has 2 aromatic carbocycles. The first-order chi connectivity index (χ1) is 9.99. The fourth-order valence-corrected chi connectivity index (χ4v) is 2.70. The summed E-state index contributed by atoms with van der Waals surface area (Å²) in [5.41, 5.74) is 9.25. The highest BCUT2D eigenvalue weighted by molar-refractivity contribution is 5.46. The van der Waals surface area contributed by atoms with Crippen molar-refractivity contribution in [1.82, 2.24) is 5.43 Å². The van der Waals surface area contributed by atoms with Gasteiger partial charge in [-0.1, -0.05) is 41.5 Å². The lowest BCUT2D eigenvalue weighted by Gasteiger charge is -2.19. The Balaban J connectivity index is 2.19. The van der Waals surface area contributed by atoms with Gasteiger partial charge in [-0.15, -0.1) is 0 Å². The van der Waals surface area contributed by atoms with Crippen LogP contribution >= 0.6 is 0 Å². The van der Waals surface area contributed by atoms with Crippen molar-refractivity contribution in [2.45, 2.75) is 26.3 Å². The van der Waals surface area contributed by atoms with Crippen LogP contribution in [0.5, 0.6) is 0 Å². The Labute approximate surface area is 127 Å². The van der Waals surface area contributed by atoms with Crippen LogP contribution in [0.2, 0.25) is 0 Å². The first kappa shape index (κ1) is 15.5. The summed E-state index contributed by atoms with van der Waals surface area (Å²) in [7, 11) is 4.09. The van der Waals surface area contributed by atoms with E-state index in [0.29, 0.717) is 0 Å². The third-order valence-electron chi connectivity index (χ3n) is 3.73. The van der Waals surface area contributed by atoms with Crippen molar-refractivity contribution in [2.24, 2.45) is 5.84 Å². The topological polar surface area (TPSA) is 41.3 Å². The lowest BCUT2D eigenvalue weighted by molar-refractivity contribution is 0.552. The molecule has 0 spiro atoms. The van der Waals surface area contributed by atoms with Crippen LogP contribution in [0.1, 0.15) is 28.3 Å². The first-order valence-electron chi connectivity index (χ1n) is 7.30. The van der Waals surface area contributed by atoms with Gasteiger partial charge in [0.2, 0.25) is 0 Å². The molecule has 0 amide bonds. The standard InChI is InChI=1S/C18H25N3/c1-13-9-14(2)11-15(10-13)12-18(20-19)16-5-7-17(8-6-16)21(3)4/h5-11,18,20H,12,19H2,1-4H3. The summed E-state index contributed by atoms with van der Waals surface area (Å²) < 4.78 is 0. The van der Waals surface area contributed by atoms with Crippen LogP contribution in [0.15, 0.2) is 42.5 Å². The maximum atomic E-state index is 5.77. The molecule has 1 unspecified atom stereocenters. The zero-order chi connectivity index (χ0) is 15.4. The van der Waals surface area contributed by atoms with E-state index in [1.165, 1.54) is 27.9 Å². The van der Waals surface area contributed by atoms with E-state index in [9.17, 15) is 0 Å². The van der Waals surface area contributed by atoms with Crippen molar-refractivity contribution in [3.63, 3.8) is 0 Å². The maximum absolute atomic E-state index is 5.77. The van der Waals surface area contributed by atoms with Crippen molar-refractivity contribution in [2.75, 3.05) is 19.0 Å². The molecular formula is C18H25N3. The summed E-state index contributed by atoms with van der Waals surface area (Å²) in [6, 6.07) is 15.3. The molecule has 0 aromatic heterocycles. The summed E-state index contributed by atoms with van der Waals surface area (Å²) in [6.07, 6.45) is 0.889. The van der Waals surface area contributed by atoms with Gasteiger partial charge < -0.3 is 4.90 Å². The Hall–Kier alpha value is -1.84. The molecule has 0 aliphatic heterocycles. The molecular weight excluding hydrogens is 258 g/mol. The molecule has 0 heterocycles. The van der Waals surface area contributed by atoms with Gasteiger partial charge in [0.1, 0.15) is 0 Å². The normalized spacial score (nSPS) is 12.2. The van der Waals surface area contributed by atoms with Crippen LogP contribution in [0.4, 0.5) is 5.69 Å². The highest BCUT2D eigenvalue weighted by atomic mass is 15.2. The number of anilines is 1. The van der Waals surface area contributed by atoms with E-state index < -0.39 is 0 Å². The summed E-state index contributed by atoms with van der Waals surface area (Å²) in [5, 5.41) is 0. The number of hydrogen-bond donors (Lipinski definition) is 2. The van der Waals surface area contributed by atoms with E-state index in [2.05, 4.69) is 66.6 Å². The number of nitrogens with one attached hydrogen (secondary N) is 1. The van der Waals surface area contributed by atoms with E-state index in [-0.39, 0.29) is 6.04 Å². The zero-order valence-corrected chi connectivity index (χ0v) is 13.4. The Bertz CT molecular complexity index is 568. The number of aryl methyl sites for hydroxylation is 2. The second kappa shape index (κ2) is 6.74. The molecule has 3 heteroatoms. The highest BCUT2D eigenvalue weighted by Gasteiger charge is 2.11. The average molecular weight is 283 g/mol. The summed E-state index contributed by atoms with van der Waals surface area (Å²) >= 11 is 0. The molecule has 3 nitrogen and oxygen atoms in total. The van der Waals surface area contributed by atoms with Gasteiger partial charge in [-0.05, 0) is 43.5 Å². The van der Waals surface area contributed by atoms with Gasteiger partial charge in [0.15, 0.2) is 0 Å². The molecule has 0 aliphatic rings. The van der Waals surface area contributed by atoms with E-state index in [1.807, 2.05) is 14.1 Å². The van der Waals surface area contributed by atoms with Gasteiger partial charge in [0, 0.05) is 25.8 Å². The van der Waals surface area contributed by atoms with Crippen LogP contribution in [0.25, 0.3) is 0 Å². The molecule has 0 radical (unpaired) electrons. The van der Waals surface area contributed by atoms with Crippen LogP contribution in [0, 0.1) is 13.8 Å². The summed E-state index contributed by atoms with van der Waals surface area (Å²) in [5.74, 6) is 5.77. The lowest BCUT2D eigenvalue weighted by atomic mass is 9.97. The molecule has 3 N–H and O–H groups in total. The van der Waals surface area contributed by atoms with Crippen LogP contribution in [0.3, 0.4) is 0 Å². The van der Waals surface area contributed by atoms with E-state index in [0.717, 1.165) is 6.42 Å². The molecule has 0 bridgehead atoms. The first-order valence-corrected chi connectivity index (χ1v) is 7.30. The largest absolute Gasteiger partial charge is 0.378 e. The Morgan fingerprint density at radius 3 is 2.05 bits per heavy atom. The van der Waals surface area contributed by atoms with Crippen LogP contribution in [-0.4, -0.2) is 14.1 Å². The number of benzene rings is 2. The molecule has 1 atom stereocenters. The minimum Gasteiger partial charge on any atom is -0.378 e. The number of hydrazine groups is 1. The van der Waals surface area contributed by atoms with Gasteiger partial charge in [0.05, 0.1) is 0 Å². The third kappa shape index (κ3) is 4.06. The number of hydrogen-bond acceptors (Lipinski definition) is 3. The minimum atomic E-state index is 0.127. The number of nitrogens with two attached hydrogens (primary N) is 1. The fraction of sp³-hybridized carbons (Fsp3) is 0.333. The third-order valence-corrected chi connectivity index (χ3v) is 3.73. The Morgan fingerprint density at radius 1 is 1.00 bits per heavy atom. The Kier molecular flexibility index (Phi) is 4.99. The molecule has 0 fully saturated rings. The number of nitrogens with zero attached hydrogens (tertiary/aromatic N) is 1. The lowest BCUT2D eigenvalue weighted by Crippen LogP contribution is -2.29. The van der Waals surface area contributed by atoms with Gasteiger partial charge >= 0.3 is 0 Å². The smallest absolute Gasteiger partial charge is 0.0500 e. The van der Waals surface area contributed by atoms with Crippen molar-refractivity contribution < 1.29 is 0 Å². The van der Waals surface area contributed by atoms with E-state index in [4.69, 9.17) is 5.84 Å². The SMILES string of the molecule is Cc1cc(C)cc(CC(NN)c2ccc(N(C)C)cc2)c1. The quantitative estimate of drug-likeness (QED) is 0.654. The van der Waals surface area contributed by atoms with E-state index in [1.54, 1.807) is 0 Å². The molecule has 2 aromatic rings. The van der Waals surface area contributed by atoms with E-state index >= 15 is 0 Å². The summed E-state index contributed by atoms with van der Waals surface area (Å²) in [4.78, 5) is 2.10. The zero-order valence-electron chi connectivity index (χ0n) is 13.4. The van der Waals surface area contributed by atoms with Gasteiger partial charge in [-0.3, -0.25) is 11.3 Å². The predicted molar refractivity (Wildman–Crippen MR) is 90.5 cm³/mol. The molecule has 0 saturated heterocycles. The van der Waals surface area contributed by atoms with Crippen LogP contribution in [-0.2, 0) is 6.42 Å². The van der Waals surface area contributed by atoms with Gasteiger partial charge in [-0.2, -0.15) is 0 Å². The second-order valence-electron chi connectivity index (χ2n) is 5.91. The van der Waals surface area contributed by atoms with Crippen molar-refractivity contribution in [3.8, 4) is 0 Å². The highest BCUT2D eigenvalue weighted by Crippen LogP contribution is 2.22. The second-order valence-corrected chi connectivity index (χ2v) is 5.91. The molecule has 112 valence electrons. The van der Waals surface area contributed by atoms with Gasteiger partial charge in [0.25, 0.3) is 0 Å². The molecule has 21 heavy (non-hydrogen) atoms. The fourth-order valence-electron chi connectivity index (χ4n) is 2.70. The maximum Gasteiger partial charge on any atom is 0.0500 e. The monoisotopic (exact) mass is 283 g/mol. The minimum absolute atomic E-state index is 0.127. The Morgan fingerprint density at radius 2 is 1.57 bits per heavy atom. The van der Waals surface area contributed by atoms with Crippen molar-refractivity contribution in [1.29, 1.82) is 0 Å². The van der Waals surface area contributed by atoms with Crippen LogP contribution < -0.4 is 16.2 Å². The van der Waals surface area contributed by atoms with Gasteiger partial charge in [-0.25, -0.2) is 0 Å². The van der Waals surface area contributed by atoms with Crippen molar-refractivity contribution in [3.05, 3.63) is 64.7 Å². The van der Waals surface area contributed by atoms with Crippen molar-refractivity contribution >= 4 is 5.69 Å². The molecule has 0 saturated carbocycles. The predicted octanol–water partition coefficient (Wildman–Crippen LogP) is 3.12. The summed E-state index contributed by atoms with van der Waals surface area (Å²) in [6.45, 7) is 4.26.